The molecule has 7 nitrogen and oxygen atoms in total. The molecule has 2 aromatic carbocycles. The average molecular weight is 478 g/mol. The van der Waals surface area contributed by atoms with Gasteiger partial charge in [-0.05, 0) is 62.6 Å². The maximum Gasteiger partial charge on any atom is 0.244 e. The highest BCUT2D eigenvalue weighted by molar-refractivity contribution is 7.92. The summed E-state index contributed by atoms with van der Waals surface area (Å²) in [6, 6.07) is 11.5. The highest BCUT2D eigenvalue weighted by Crippen LogP contribution is 2.21. The Labute approximate surface area is 195 Å². The Balaban J connectivity index is 2.44. The van der Waals surface area contributed by atoms with Crippen molar-refractivity contribution in [3.63, 3.8) is 0 Å². The molecule has 2 amide bonds. The van der Waals surface area contributed by atoms with Gasteiger partial charge in [0.2, 0.25) is 21.8 Å². The number of nitrogens with zero attached hydrogens (tertiary/aromatic N) is 2. The molecule has 0 unspecified atom stereocenters. The van der Waals surface area contributed by atoms with Crippen LogP contribution in [0.25, 0.3) is 0 Å². The Hall–Kier alpha value is -2.94. The van der Waals surface area contributed by atoms with Crippen LogP contribution in [0.4, 0.5) is 10.1 Å². The normalized spacial score (nSPS) is 12.3. The van der Waals surface area contributed by atoms with Crippen LogP contribution in [0.5, 0.6) is 0 Å². The number of carbonyl (C=O) groups is 2. The van der Waals surface area contributed by atoms with E-state index in [9.17, 15) is 22.4 Å². The summed E-state index contributed by atoms with van der Waals surface area (Å²) in [7, 11) is -3.85. The van der Waals surface area contributed by atoms with Crippen molar-refractivity contribution in [1.29, 1.82) is 0 Å². The van der Waals surface area contributed by atoms with Gasteiger partial charge in [0, 0.05) is 12.6 Å². The van der Waals surface area contributed by atoms with Crippen molar-refractivity contribution in [3.8, 4) is 0 Å². The van der Waals surface area contributed by atoms with Crippen molar-refractivity contribution < 1.29 is 22.4 Å². The van der Waals surface area contributed by atoms with Crippen LogP contribution < -0.4 is 9.62 Å². The van der Waals surface area contributed by atoms with Gasteiger partial charge in [0.25, 0.3) is 0 Å². The molecule has 2 aromatic rings. The van der Waals surface area contributed by atoms with Crippen molar-refractivity contribution in [2.45, 2.75) is 52.7 Å². The molecule has 0 aromatic heterocycles. The molecule has 1 atom stereocenters. The first kappa shape index (κ1) is 26.3. The number of aryl methyl sites for hydroxylation is 1. The van der Waals surface area contributed by atoms with Crippen LogP contribution in [0.3, 0.4) is 0 Å². The zero-order valence-electron chi connectivity index (χ0n) is 19.7. The molecule has 0 saturated heterocycles. The summed E-state index contributed by atoms with van der Waals surface area (Å²) in [6.07, 6.45) is 1.34. The number of carbonyl (C=O) groups excluding carboxylic acids is 2. The van der Waals surface area contributed by atoms with Crippen molar-refractivity contribution >= 4 is 27.5 Å². The average Bonchev–Trinajstić information content (AvgIpc) is 2.72. The zero-order chi connectivity index (χ0) is 24.8. The Bertz CT molecular complexity index is 1070. The fourth-order valence-electron chi connectivity index (χ4n) is 3.49. The minimum Gasteiger partial charge on any atom is -0.352 e. The molecule has 0 aliphatic rings. The summed E-state index contributed by atoms with van der Waals surface area (Å²) in [4.78, 5) is 27.8. The van der Waals surface area contributed by atoms with Gasteiger partial charge in [-0.15, -0.1) is 0 Å². The van der Waals surface area contributed by atoms with E-state index in [0.717, 1.165) is 33.8 Å². The third-order valence-corrected chi connectivity index (χ3v) is 6.35. The first-order chi connectivity index (χ1) is 15.4. The van der Waals surface area contributed by atoms with Gasteiger partial charge in [-0.2, -0.15) is 0 Å². The highest BCUT2D eigenvalue weighted by atomic mass is 32.2. The van der Waals surface area contributed by atoms with E-state index >= 15 is 0 Å². The molecule has 2 rings (SSSR count). The minimum absolute atomic E-state index is 0.117. The van der Waals surface area contributed by atoms with Crippen LogP contribution in [-0.4, -0.2) is 50.0 Å². The summed E-state index contributed by atoms with van der Waals surface area (Å²) in [5, 5.41) is 2.84. The van der Waals surface area contributed by atoms with Gasteiger partial charge in [0.1, 0.15) is 18.4 Å². The maximum absolute atomic E-state index is 13.5. The molecule has 0 radical (unpaired) electrons. The molecule has 0 spiro atoms. The van der Waals surface area contributed by atoms with E-state index in [-0.39, 0.29) is 24.2 Å². The molecule has 1 N–H and O–H groups in total. The number of hydrogen-bond donors (Lipinski definition) is 1. The Kier molecular flexibility index (Phi) is 8.99. The van der Waals surface area contributed by atoms with E-state index < -0.39 is 34.3 Å². The molecule has 9 heteroatoms. The minimum atomic E-state index is -3.85. The molecule has 0 aliphatic carbocycles. The fourth-order valence-corrected chi connectivity index (χ4v) is 4.34. The van der Waals surface area contributed by atoms with Crippen molar-refractivity contribution in [2.75, 3.05) is 17.1 Å². The molecule has 180 valence electrons. The lowest BCUT2D eigenvalue weighted by molar-refractivity contribution is -0.140. The van der Waals surface area contributed by atoms with Gasteiger partial charge in [0.15, 0.2) is 0 Å². The van der Waals surface area contributed by atoms with Gasteiger partial charge in [-0.3, -0.25) is 13.9 Å². The Morgan fingerprint density at radius 3 is 2.18 bits per heavy atom. The van der Waals surface area contributed by atoms with Crippen LogP contribution in [0.1, 0.15) is 38.3 Å². The third kappa shape index (κ3) is 7.28. The fraction of sp³-hybridized carbons (Fsp3) is 0.417. The second-order valence-electron chi connectivity index (χ2n) is 8.28. The van der Waals surface area contributed by atoms with Crippen molar-refractivity contribution in [3.05, 3.63) is 65.5 Å². The lowest BCUT2D eigenvalue weighted by Crippen LogP contribution is -2.53. The van der Waals surface area contributed by atoms with Crippen LogP contribution in [0.15, 0.2) is 48.5 Å². The largest absolute Gasteiger partial charge is 0.352 e. The number of benzene rings is 2. The van der Waals surface area contributed by atoms with Crippen LogP contribution in [-0.2, 0) is 26.2 Å². The summed E-state index contributed by atoms with van der Waals surface area (Å²) in [6.45, 7) is 7.01. The zero-order valence-corrected chi connectivity index (χ0v) is 20.5. The van der Waals surface area contributed by atoms with E-state index in [1.54, 1.807) is 6.92 Å². The molecular weight excluding hydrogens is 445 g/mol. The van der Waals surface area contributed by atoms with Gasteiger partial charge >= 0.3 is 0 Å². The molecule has 33 heavy (non-hydrogen) atoms. The predicted molar refractivity (Wildman–Crippen MR) is 128 cm³/mol. The first-order valence-electron chi connectivity index (χ1n) is 10.8. The van der Waals surface area contributed by atoms with Crippen LogP contribution in [0, 0.1) is 12.7 Å². The number of hydrogen-bond acceptors (Lipinski definition) is 4. The van der Waals surface area contributed by atoms with Gasteiger partial charge in [-0.25, -0.2) is 12.8 Å². The number of sulfonamides is 1. The molecule has 0 heterocycles. The lowest BCUT2D eigenvalue weighted by atomic mass is 10.1. The number of amides is 2. The molecule has 0 saturated carbocycles. The summed E-state index contributed by atoms with van der Waals surface area (Å²) >= 11 is 0. The Morgan fingerprint density at radius 2 is 1.67 bits per heavy atom. The maximum atomic E-state index is 13.5. The second-order valence-corrected chi connectivity index (χ2v) is 10.2. The standard InChI is InChI=1S/C24H32FN3O4S/c1-6-22(24(30)26-17(2)3)27(15-19-10-8-7-9-18(19)4)23(29)16-28(33(5,31)32)21-13-11-20(25)12-14-21/h7-14,17,22H,6,15-16H2,1-5H3,(H,26,30)/t22-/m1/s1. The van der Waals surface area contributed by atoms with E-state index in [1.807, 2.05) is 45.0 Å². The van der Waals surface area contributed by atoms with Gasteiger partial charge < -0.3 is 10.2 Å². The predicted octanol–water partition coefficient (Wildman–Crippen LogP) is 3.23. The molecule has 0 bridgehead atoms. The first-order valence-corrected chi connectivity index (χ1v) is 12.7. The van der Waals surface area contributed by atoms with Gasteiger partial charge in [0.05, 0.1) is 11.9 Å². The van der Waals surface area contributed by atoms with Crippen molar-refractivity contribution in [2.24, 2.45) is 0 Å². The molecule has 0 fully saturated rings. The second kappa shape index (κ2) is 11.3. The van der Waals surface area contributed by atoms with E-state index in [2.05, 4.69) is 5.32 Å². The number of anilines is 1. The van der Waals surface area contributed by atoms with E-state index in [4.69, 9.17) is 0 Å². The lowest BCUT2D eigenvalue weighted by Gasteiger charge is -2.33. The topological polar surface area (TPSA) is 86.8 Å². The summed E-state index contributed by atoms with van der Waals surface area (Å²) < 4.78 is 39.3. The van der Waals surface area contributed by atoms with E-state index in [1.165, 1.54) is 17.0 Å². The summed E-state index contributed by atoms with van der Waals surface area (Å²) in [5.74, 6) is -1.35. The monoisotopic (exact) mass is 477 g/mol. The van der Waals surface area contributed by atoms with Gasteiger partial charge in [-0.1, -0.05) is 31.2 Å². The number of rotatable bonds is 10. The summed E-state index contributed by atoms with van der Waals surface area (Å²) in [5.41, 5.74) is 1.98. The van der Waals surface area contributed by atoms with E-state index in [0.29, 0.717) is 6.42 Å². The van der Waals surface area contributed by atoms with Crippen LogP contribution >= 0.6 is 0 Å². The Morgan fingerprint density at radius 1 is 1.06 bits per heavy atom. The highest BCUT2D eigenvalue weighted by Gasteiger charge is 2.32. The number of halogens is 1. The smallest absolute Gasteiger partial charge is 0.244 e. The molecule has 0 aliphatic heterocycles. The molecular formula is C24H32FN3O4S. The quantitative estimate of drug-likeness (QED) is 0.569. The SMILES string of the molecule is CC[C@H](C(=O)NC(C)C)N(Cc1ccccc1C)C(=O)CN(c1ccc(F)cc1)S(C)(=O)=O. The number of nitrogens with one attached hydrogen (secondary N) is 1. The van der Waals surface area contributed by atoms with Crippen molar-refractivity contribution in [1.82, 2.24) is 10.2 Å². The van der Waals surface area contributed by atoms with Crippen LogP contribution in [0.2, 0.25) is 0 Å². The third-order valence-electron chi connectivity index (χ3n) is 5.21.